The summed E-state index contributed by atoms with van der Waals surface area (Å²) in [6.45, 7) is 0. The standard InChI is InChI=1S/C30H18N4S/c1-2-9-23-21(7-1)22-8-5-12-26-28(22)34(23)25-11-4-3-10-24(25)33(26)20-16-14-19(15-17-20)30-32-29-27(35-30)13-6-18-31-29/h1-18H. The molecule has 0 unspecified atom stereocenters. The van der Waals surface area contributed by atoms with Crippen LogP contribution < -0.4 is 4.90 Å². The van der Waals surface area contributed by atoms with Crippen molar-refractivity contribution in [1.29, 1.82) is 0 Å². The quantitative estimate of drug-likeness (QED) is 0.257. The van der Waals surface area contributed by atoms with E-state index >= 15 is 0 Å². The van der Waals surface area contributed by atoms with Crippen LogP contribution in [-0.2, 0) is 0 Å². The van der Waals surface area contributed by atoms with Crippen molar-refractivity contribution in [2.24, 2.45) is 0 Å². The number of thiazole rings is 1. The summed E-state index contributed by atoms with van der Waals surface area (Å²) in [7, 11) is 0. The summed E-state index contributed by atoms with van der Waals surface area (Å²) in [6, 6.07) is 36.7. The third-order valence-corrected chi connectivity index (χ3v) is 7.87. The predicted octanol–water partition coefficient (Wildman–Crippen LogP) is 8.24. The highest BCUT2D eigenvalue weighted by Gasteiger charge is 2.27. The van der Waals surface area contributed by atoms with Gasteiger partial charge >= 0.3 is 0 Å². The Morgan fingerprint density at radius 1 is 0.629 bits per heavy atom. The molecule has 0 N–H and O–H groups in total. The summed E-state index contributed by atoms with van der Waals surface area (Å²) in [5.41, 5.74) is 9.08. The molecule has 35 heavy (non-hydrogen) atoms. The van der Waals surface area contributed by atoms with Gasteiger partial charge in [-0.1, -0.05) is 42.5 Å². The Morgan fingerprint density at radius 3 is 2.29 bits per heavy atom. The van der Waals surface area contributed by atoms with Crippen LogP contribution in [0.1, 0.15) is 0 Å². The molecular formula is C30H18N4S. The van der Waals surface area contributed by atoms with Crippen molar-refractivity contribution >= 4 is 60.6 Å². The Kier molecular flexibility index (Phi) is 3.78. The normalized spacial score (nSPS) is 12.5. The number of pyridine rings is 1. The summed E-state index contributed by atoms with van der Waals surface area (Å²) in [5, 5.41) is 3.54. The van der Waals surface area contributed by atoms with Gasteiger partial charge < -0.3 is 9.47 Å². The summed E-state index contributed by atoms with van der Waals surface area (Å²) < 4.78 is 3.52. The van der Waals surface area contributed by atoms with Crippen LogP contribution in [0.15, 0.2) is 109 Å². The van der Waals surface area contributed by atoms with E-state index in [1.807, 2.05) is 6.07 Å². The molecular weight excluding hydrogens is 448 g/mol. The van der Waals surface area contributed by atoms with E-state index in [1.165, 1.54) is 38.9 Å². The van der Waals surface area contributed by atoms with Crippen molar-refractivity contribution in [2.45, 2.75) is 0 Å². The second-order valence-corrected chi connectivity index (χ2v) is 9.77. The Labute approximate surface area is 205 Å². The average Bonchev–Trinajstić information content (AvgIpc) is 3.50. The number of anilines is 3. The van der Waals surface area contributed by atoms with Crippen LogP contribution in [-0.4, -0.2) is 14.5 Å². The van der Waals surface area contributed by atoms with E-state index in [9.17, 15) is 0 Å². The highest BCUT2D eigenvalue weighted by Crippen LogP contribution is 2.49. The van der Waals surface area contributed by atoms with Gasteiger partial charge in [-0.25, -0.2) is 9.97 Å². The Morgan fingerprint density at radius 2 is 1.40 bits per heavy atom. The maximum atomic E-state index is 4.74. The van der Waals surface area contributed by atoms with Crippen molar-refractivity contribution in [3.05, 3.63) is 109 Å². The molecule has 4 aromatic carbocycles. The number of nitrogens with zero attached hydrogens (tertiary/aromatic N) is 4. The monoisotopic (exact) mass is 466 g/mol. The lowest BCUT2D eigenvalue weighted by Gasteiger charge is -2.33. The molecule has 8 rings (SSSR count). The fourth-order valence-electron chi connectivity index (χ4n) is 5.33. The van der Waals surface area contributed by atoms with Gasteiger partial charge in [-0.2, -0.15) is 0 Å². The molecule has 0 fully saturated rings. The van der Waals surface area contributed by atoms with E-state index in [4.69, 9.17) is 4.98 Å². The number of fused-ring (bicyclic) bond motifs is 6. The number of benzene rings is 4. The first kappa shape index (κ1) is 18.9. The minimum absolute atomic E-state index is 0.807. The van der Waals surface area contributed by atoms with Gasteiger partial charge in [-0.05, 0) is 60.7 Å². The number of hydrogen-bond donors (Lipinski definition) is 0. The zero-order chi connectivity index (χ0) is 22.9. The van der Waals surface area contributed by atoms with Crippen LogP contribution in [0.25, 0.3) is 48.4 Å². The Balaban J connectivity index is 1.34. The zero-order valence-electron chi connectivity index (χ0n) is 18.6. The highest BCUT2D eigenvalue weighted by atomic mass is 32.1. The van der Waals surface area contributed by atoms with E-state index in [0.29, 0.717) is 0 Å². The van der Waals surface area contributed by atoms with E-state index < -0.39 is 0 Å². The van der Waals surface area contributed by atoms with Crippen molar-refractivity contribution in [1.82, 2.24) is 14.5 Å². The van der Waals surface area contributed by atoms with Gasteiger partial charge in [0.25, 0.3) is 0 Å². The molecule has 0 spiro atoms. The molecule has 164 valence electrons. The van der Waals surface area contributed by atoms with Crippen LogP contribution in [0.3, 0.4) is 0 Å². The Bertz CT molecular complexity index is 1880. The van der Waals surface area contributed by atoms with Crippen LogP contribution in [0, 0.1) is 0 Å². The van der Waals surface area contributed by atoms with Gasteiger partial charge in [-0.3, -0.25) is 0 Å². The molecule has 0 radical (unpaired) electrons. The summed E-state index contributed by atoms with van der Waals surface area (Å²) in [4.78, 5) is 11.5. The van der Waals surface area contributed by atoms with Crippen molar-refractivity contribution < 1.29 is 0 Å². The molecule has 3 aromatic heterocycles. The van der Waals surface area contributed by atoms with Gasteiger partial charge in [-0.15, -0.1) is 11.3 Å². The van der Waals surface area contributed by atoms with Gasteiger partial charge in [0.15, 0.2) is 5.65 Å². The minimum Gasteiger partial charge on any atom is -0.306 e. The fourth-order valence-corrected chi connectivity index (χ4v) is 6.26. The fraction of sp³-hybridized carbons (Fsp3) is 0. The first-order valence-electron chi connectivity index (χ1n) is 11.6. The lowest BCUT2D eigenvalue weighted by molar-refractivity contribution is 1.11. The van der Waals surface area contributed by atoms with Crippen LogP contribution in [0.4, 0.5) is 17.1 Å². The molecule has 0 saturated heterocycles. The largest absolute Gasteiger partial charge is 0.306 e. The van der Waals surface area contributed by atoms with Gasteiger partial charge in [0.05, 0.1) is 32.8 Å². The van der Waals surface area contributed by atoms with E-state index in [2.05, 4.69) is 112 Å². The Hall–Kier alpha value is -4.48. The molecule has 1 aliphatic rings. The molecule has 7 aromatic rings. The molecule has 0 saturated carbocycles. The van der Waals surface area contributed by atoms with Crippen molar-refractivity contribution in [2.75, 3.05) is 4.90 Å². The number of para-hydroxylation sites is 4. The van der Waals surface area contributed by atoms with Gasteiger partial charge in [0.2, 0.25) is 0 Å². The number of aromatic nitrogens is 3. The lowest BCUT2D eigenvalue weighted by Crippen LogP contribution is -2.17. The summed E-state index contributed by atoms with van der Waals surface area (Å²) >= 11 is 1.68. The molecule has 1 aliphatic heterocycles. The van der Waals surface area contributed by atoms with Crippen molar-refractivity contribution in [3.8, 4) is 16.3 Å². The van der Waals surface area contributed by atoms with E-state index in [1.54, 1.807) is 17.5 Å². The third-order valence-electron chi connectivity index (χ3n) is 6.82. The molecule has 0 aliphatic carbocycles. The minimum atomic E-state index is 0.807. The predicted molar refractivity (Wildman–Crippen MR) is 145 cm³/mol. The molecule has 4 heterocycles. The maximum Gasteiger partial charge on any atom is 0.170 e. The number of rotatable bonds is 2. The molecule has 4 nitrogen and oxygen atoms in total. The van der Waals surface area contributed by atoms with Crippen LogP contribution in [0.5, 0.6) is 0 Å². The second-order valence-electron chi connectivity index (χ2n) is 8.74. The SMILES string of the molecule is c1ccc2c(c1)N(c1ccc(-c3nc4ncccc4s3)cc1)c1cccc3c4ccccc4n-2c13. The highest BCUT2D eigenvalue weighted by molar-refractivity contribution is 7.21. The summed E-state index contributed by atoms with van der Waals surface area (Å²) in [6.07, 6.45) is 1.79. The van der Waals surface area contributed by atoms with Gasteiger partial charge in [0, 0.05) is 28.2 Å². The smallest absolute Gasteiger partial charge is 0.170 e. The number of hydrogen-bond acceptors (Lipinski definition) is 4. The van der Waals surface area contributed by atoms with Crippen LogP contribution in [0.2, 0.25) is 0 Å². The average molecular weight is 467 g/mol. The van der Waals surface area contributed by atoms with Crippen molar-refractivity contribution in [3.63, 3.8) is 0 Å². The second kappa shape index (κ2) is 7.01. The maximum absolute atomic E-state index is 4.74. The van der Waals surface area contributed by atoms with E-state index in [0.717, 1.165) is 26.6 Å². The molecule has 5 heteroatoms. The summed E-state index contributed by atoms with van der Waals surface area (Å²) in [5.74, 6) is 0. The topological polar surface area (TPSA) is 34.0 Å². The third kappa shape index (κ3) is 2.61. The molecule has 0 bridgehead atoms. The first-order chi connectivity index (χ1) is 17.4. The first-order valence-corrected chi connectivity index (χ1v) is 12.4. The molecule has 0 amide bonds. The molecule has 0 atom stereocenters. The zero-order valence-corrected chi connectivity index (χ0v) is 19.4. The lowest BCUT2D eigenvalue weighted by atomic mass is 10.1. The van der Waals surface area contributed by atoms with Gasteiger partial charge in [0.1, 0.15) is 5.01 Å². The van der Waals surface area contributed by atoms with E-state index in [-0.39, 0.29) is 0 Å². The van der Waals surface area contributed by atoms with Crippen LogP contribution >= 0.6 is 11.3 Å².